The number of thiophene rings is 1. The van der Waals surface area contributed by atoms with Crippen LogP contribution in [0.15, 0.2) is 23.6 Å². The van der Waals surface area contributed by atoms with Gasteiger partial charge in [-0.2, -0.15) is 4.98 Å². The van der Waals surface area contributed by atoms with Crippen LogP contribution in [0, 0.1) is 6.92 Å². The predicted molar refractivity (Wildman–Crippen MR) is 77.5 cm³/mol. The van der Waals surface area contributed by atoms with Gasteiger partial charge in [0.15, 0.2) is 0 Å². The molecule has 5 heteroatoms. The van der Waals surface area contributed by atoms with Crippen molar-refractivity contribution in [2.45, 2.75) is 19.9 Å². The summed E-state index contributed by atoms with van der Waals surface area (Å²) in [6.07, 6.45) is 0. The van der Waals surface area contributed by atoms with Gasteiger partial charge in [-0.1, -0.05) is 6.07 Å². The third-order valence-electron chi connectivity index (χ3n) is 2.96. The van der Waals surface area contributed by atoms with E-state index in [9.17, 15) is 0 Å². The van der Waals surface area contributed by atoms with Crippen molar-refractivity contribution in [3.8, 4) is 0 Å². The minimum absolute atomic E-state index is 0.309. The number of anilines is 2. The molecular formula is C13H18N4S. The third-order valence-corrected chi connectivity index (χ3v) is 4.00. The van der Waals surface area contributed by atoms with E-state index in [1.807, 2.05) is 20.0 Å². The Hall–Kier alpha value is -1.62. The first-order chi connectivity index (χ1) is 8.61. The van der Waals surface area contributed by atoms with Crippen LogP contribution >= 0.6 is 11.3 Å². The summed E-state index contributed by atoms with van der Waals surface area (Å²) >= 11 is 1.77. The number of aromatic nitrogens is 2. The van der Waals surface area contributed by atoms with E-state index in [4.69, 9.17) is 0 Å². The molecule has 2 aromatic rings. The van der Waals surface area contributed by atoms with Gasteiger partial charge in [-0.05, 0) is 25.3 Å². The number of rotatable bonds is 4. The average Bonchev–Trinajstić information content (AvgIpc) is 2.90. The summed E-state index contributed by atoms with van der Waals surface area (Å²) < 4.78 is 0. The van der Waals surface area contributed by atoms with Crippen molar-refractivity contribution < 1.29 is 0 Å². The van der Waals surface area contributed by atoms with E-state index < -0.39 is 0 Å². The zero-order valence-electron chi connectivity index (χ0n) is 11.1. The molecule has 1 atom stereocenters. The van der Waals surface area contributed by atoms with Crippen molar-refractivity contribution in [2.75, 3.05) is 24.3 Å². The highest BCUT2D eigenvalue weighted by Crippen LogP contribution is 2.27. The number of nitrogens with one attached hydrogen (secondary N) is 1. The largest absolute Gasteiger partial charge is 0.357 e. The Morgan fingerprint density at radius 3 is 2.78 bits per heavy atom. The van der Waals surface area contributed by atoms with E-state index in [2.05, 4.69) is 51.7 Å². The van der Waals surface area contributed by atoms with Gasteiger partial charge >= 0.3 is 0 Å². The normalized spacial score (nSPS) is 12.2. The molecule has 0 saturated heterocycles. The second-order valence-corrected chi connectivity index (χ2v) is 5.22. The van der Waals surface area contributed by atoms with E-state index in [0.29, 0.717) is 12.0 Å². The number of nitrogens with zero attached hydrogens (tertiary/aromatic N) is 3. The van der Waals surface area contributed by atoms with E-state index in [-0.39, 0.29) is 0 Å². The van der Waals surface area contributed by atoms with Crippen molar-refractivity contribution in [1.29, 1.82) is 0 Å². The van der Waals surface area contributed by atoms with Crippen LogP contribution in [0.3, 0.4) is 0 Å². The lowest BCUT2D eigenvalue weighted by atomic mass is 10.2. The molecule has 0 amide bonds. The van der Waals surface area contributed by atoms with Crippen LogP contribution in [-0.4, -0.2) is 24.1 Å². The molecule has 0 radical (unpaired) electrons. The summed E-state index contributed by atoms with van der Waals surface area (Å²) in [5.41, 5.74) is 0.967. The summed E-state index contributed by atoms with van der Waals surface area (Å²) in [4.78, 5) is 12.3. The molecular weight excluding hydrogens is 244 g/mol. The molecule has 0 saturated carbocycles. The molecule has 0 aliphatic carbocycles. The highest BCUT2D eigenvalue weighted by molar-refractivity contribution is 7.10. The van der Waals surface area contributed by atoms with Gasteiger partial charge in [-0.3, -0.25) is 0 Å². The lowest BCUT2D eigenvalue weighted by Gasteiger charge is -2.25. The molecule has 2 aromatic heterocycles. The van der Waals surface area contributed by atoms with Crippen molar-refractivity contribution >= 4 is 23.1 Å². The molecule has 0 aliphatic rings. The molecule has 2 heterocycles. The van der Waals surface area contributed by atoms with Crippen LogP contribution < -0.4 is 10.2 Å². The van der Waals surface area contributed by atoms with E-state index >= 15 is 0 Å². The maximum absolute atomic E-state index is 4.49. The molecule has 0 fully saturated rings. The van der Waals surface area contributed by atoms with Gasteiger partial charge in [0.25, 0.3) is 0 Å². The molecule has 4 nitrogen and oxygen atoms in total. The van der Waals surface area contributed by atoms with Crippen molar-refractivity contribution in [3.63, 3.8) is 0 Å². The maximum atomic E-state index is 4.49. The summed E-state index contributed by atoms with van der Waals surface area (Å²) in [7, 11) is 3.90. The Balaban J connectivity index is 2.28. The Bertz CT molecular complexity index is 510. The second kappa shape index (κ2) is 5.35. The number of hydrogen-bond acceptors (Lipinski definition) is 5. The Labute approximate surface area is 112 Å². The average molecular weight is 262 g/mol. The van der Waals surface area contributed by atoms with Gasteiger partial charge in [-0.25, -0.2) is 4.98 Å². The lowest BCUT2D eigenvalue weighted by Crippen LogP contribution is -2.22. The highest BCUT2D eigenvalue weighted by Gasteiger charge is 2.15. The fraction of sp³-hybridized carbons (Fsp3) is 0.385. The molecule has 96 valence electrons. The first-order valence-corrected chi connectivity index (χ1v) is 6.79. The topological polar surface area (TPSA) is 41.1 Å². The van der Waals surface area contributed by atoms with E-state index in [1.54, 1.807) is 11.3 Å². The highest BCUT2D eigenvalue weighted by atomic mass is 32.1. The molecule has 0 spiro atoms. The first-order valence-electron chi connectivity index (χ1n) is 5.91. The fourth-order valence-electron chi connectivity index (χ4n) is 1.76. The predicted octanol–water partition coefficient (Wildman–Crippen LogP) is 3.09. The standard InChI is InChI=1S/C13H18N4S/c1-9-8-12(16-13(14-3)15-9)17(4)10(2)11-6-5-7-18-11/h5-8,10H,1-4H3,(H,14,15,16). The van der Waals surface area contributed by atoms with Crippen LogP contribution in [-0.2, 0) is 0 Å². The van der Waals surface area contributed by atoms with Crippen LogP contribution in [0.4, 0.5) is 11.8 Å². The lowest BCUT2D eigenvalue weighted by molar-refractivity contribution is 0.740. The summed E-state index contributed by atoms with van der Waals surface area (Å²) in [6.45, 7) is 4.16. The molecule has 2 rings (SSSR count). The SMILES string of the molecule is CNc1nc(C)cc(N(C)C(C)c2cccs2)n1. The molecule has 1 unspecified atom stereocenters. The minimum Gasteiger partial charge on any atom is -0.357 e. The van der Waals surface area contributed by atoms with Gasteiger partial charge in [0.1, 0.15) is 5.82 Å². The van der Waals surface area contributed by atoms with Crippen molar-refractivity contribution in [1.82, 2.24) is 9.97 Å². The zero-order chi connectivity index (χ0) is 13.1. The van der Waals surface area contributed by atoms with Gasteiger partial charge in [0, 0.05) is 30.7 Å². The van der Waals surface area contributed by atoms with Gasteiger partial charge in [0.2, 0.25) is 5.95 Å². The third kappa shape index (κ3) is 2.61. The van der Waals surface area contributed by atoms with E-state index in [1.165, 1.54) is 4.88 Å². The zero-order valence-corrected chi connectivity index (χ0v) is 12.0. The molecule has 0 aromatic carbocycles. The van der Waals surface area contributed by atoms with Crippen LogP contribution in [0.25, 0.3) is 0 Å². The van der Waals surface area contributed by atoms with Gasteiger partial charge < -0.3 is 10.2 Å². The molecule has 18 heavy (non-hydrogen) atoms. The molecule has 0 aliphatic heterocycles. The monoisotopic (exact) mass is 262 g/mol. The second-order valence-electron chi connectivity index (χ2n) is 4.24. The van der Waals surface area contributed by atoms with Gasteiger partial charge in [0.05, 0.1) is 6.04 Å². The molecule has 0 bridgehead atoms. The van der Waals surface area contributed by atoms with Crippen molar-refractivity contribution in [2.24, 2.45) is 0 Å². The van der Waals surface area contributed by atoms with Crippen LogP contribution in [0.5, 0.6) is 0 Å². The minimum atomic E-state index is 0.309. The smallest absolute Gasteiger partial charge is 0.224 e. The quantitative estimate of drug-likeness (QED) is 0.919. The summed E-state index contributed by atoms with van der Waals surface area (Å²) in [6, 6.07) is 6.54. The maximum Gasteiger partial charge on any atom is 0.224 e. The Morgan fingerprint density at radius 2 is 2.17 bits per heavy atom. The number of hydrogen-bond donors (Lipinski definition) is 1. The van der Waals surface area contributed by atoms with Crippen LogP contribution in [0.1, 0.15) is 23.5 Å². The first kappa shape index (κ1) is 12.8. The van der Waals surface area contributed by atoms with Crippen LogP contribution in [0.2, 0.25) is 0 Å². The van der Waals surface area contributed by atoms with Crippen molar-refractivity contribution in [3.05, 3.63) is 34.2 Å². The summed E-state index contributed by atoms with van der Waals surface area (Å²) in [5.74, 6) is 1.60. The molecule has 1 N–H and O–H groups in total. The van der Waals surface area contributed by atoms with E-state index in [0.717, 1.165) is 11.5 Å². The fourth-order valence-corrected chi connectivity index (χ4v) is 2.59. The Morgan fingerprint density at radius 1 is 1.39 bits per heavy atom. The number of aryl methyl sites for hydroxylation is 1. The van der Waals surface area contributed by atoms with Gasteiger partial charge in [-0.15, -0.1) is 11.3 Å². The Kier molecular flexibility index (Phi) is 3.81. The summed E-state index contributed by atoms with van der Waals surface area (Å²) in [5, 5.41) is 5.09.